The van der Waals surface area contributed by atoms with Crippen molar-refractivity contribution < 1.29 is 5.11 Å². The number of aliphatic hydroxyl groups is 1. The molecule has 0 bridgehead atoms. The lowest BCUT2D eigenvalue weighted by molar-refractivity contribution is 0.0515. The van der Waals surface area contributed by atoms with Crippen molar-refractivity contribution in [3.63, 3.8) is 0 Å². The van der Waals surface area contributed by atoms with Gasteiger partial charge in [-0.2, -0.15) is 0 Å². The first-order valence-electron chi connectivity index (χ1n) is 9.78. The van der Waals surface area contributed by atoms with E-state index in [0.717, 1.165) is 12.8 Å². The van der Waals surface area contributed by atoms with Gasteiger partial charge in [-0.15, -0.1) is 11.8 Å². The summed E-state index contributed by atoms with van der Waals surface area (Å²) in [6.45, 7) is 2.28. The van der Waals surface area contributed by atoms with Crippen LogP contribution in [0, 0.1) is 0 Å². The molecule has 0 aromatic heterocycles. The Bertz CT molecular complexity index is 269. The van der Waals surface area contributed by atoms with Gasteiger partial charge in [-0.05, 0) is 36.5 Å². The van der Waals surface area contributed by atoms with Crippen LogP contribution in [0.5, 0.6) is 0 Å². The Kier molecular flexibility index (Phi) is 12.3. The highest BCUT2D eigenvalue weighted by molar-refractivity contribution is 8.02. The Labute approximate surface area is 143 Å². The van der Waals surface area contributed by atoms with Gasteiger partial charge in [-0.1, -0.05) is 84.0 Å². The minimum Gasteiger partial charge on any atom is -0.386 e. The van der Waals surface area contributed by atoms with Crippen molar-refractivity contribution in [3.05, 3.63) is 11.5 Å². The minimum atomic E-state index is -0.483. The van der Waals surface area contributed by atoms with E-state index in [4.69, 9.17) is 0 Å². The summed E-state index contributed by atoms with van der Waals surface area (Å²) in [5.74, 6) is 1.21. The maximum absolute atomic E-state index is 10.3. The molecule has 1 fully saturated rings. The molecule has 1 N–H and O–H groups in total. The highest BCUT2D eigenvalue weighted by atomic mass is 32.2. The van der Waals surface area contributed by atoms with E-state index in [0.29, 0.717) is 0 Å². The molecular formula is C20H38OS. The van der Waals surface area contributed by atoms with Crippen LogP contribution in [0.15, 0.2) is 11.5 Å². The van der Waals surface area contributed by atoms with Crippen LogP contribution in [0.2, 0.25) is 0 Å². The van der Waals surface area contributed by atoms with E-state index in [2.05, 4.69) is 18.4 Å². The van der Waals surface area contributed by atoms with E-state index < -0.39 is 5.60 Å². The third kappa shape index (κ3) is 10.7. The molecule has 0 atom stereocenters. The Morgan fingerprint density at radius 1 is 0.818 bits per heavy atom. The smallest absolute Gasteiger partial charge is 0.0835 e. The first-order chi connectivity index (χ1) is 10.8. The molecule has 0 saturated heterocycles. The molecule has 0 aliphatic heterocycles. The zero-order valence-electron chi connectivity index (χ0n) is 14.8. The van der Waals surface area contributed by atoms with E-state index >= 15 is 0 Å². The Balaban J connectivity index is 1.83. The molecule has 0 amide bonds. The van der Waals surface area contributed by atoms with Crippen molar-refractivity contribution in [1.29, 1.82) is 0 Å². The number of hydrogen-bond donors (Lipinski definition) is 1. The Morgan fingerprint density at radius 3 is 1.95 bits per heavy atom. The highest BCUT2D eigenvalue weighted by Crippen LogP contribution is 2.29. The van der Waals surface area contributed by atoms with Gasteiger partial charge in [0.05, 0.1) is 5.60 Å². The average molecular weight is 327 g/mol. The summed E-state index contributed by atoms with van der Waals surface area (Å²) >= 11 is 1.88. The summed E-state index contributed by atoms with van der Waals surface area (Å²) in [4.78, 5) is 0. The molecule has 1 saturated carbocycles. The second kappa shape index (κ2) is 13.5. The maximum Gasteiger partial charge on any atom is 0.0835 e. The molecule has 130 valence electrons. The fraction of sp³-hybridized carbons (Fsp3) is 0.900. The summed E-state index contributed by atoms with van der Waals surface area (Å²) in [7, 11) is 0. The van der Waals surface area contributed by atoms with Crippen molar-refractivity contribution in [2.75, 3.05) is 5.75 Å². The predicted molar refractivity (Wildman–Crippen MR) is 101 cm³/mol. The largest absolute Gasteiger partial charge is 0.386 e. The lowest BCUT2D eigenvalue weighted by Gasteiger charge is -2.28. The van der Waals surface area contributed by atoms with Gasteiger partial charge in [0, 0.05) is 0 Å². The molecule has 1 rings (SSSR count). The number of unbranched alkanes of at least 4 members (excludes halogenated alkanes) is 9. The summed E-state index contributed by atoms with van der Waals surface area (Å²) in [6, 6.07) is 0. The van der Waals surface area contributed by atoms with Crippen molar-refractivity contribution in [3.8, 4) is 0 Å². The molecule has 0 aromatic carbocycles. The molecule has 0 spiro atoms. The number of hydrogen-bond acceptors (Lipinski definition) is 2. The lowest BCUT2D eigenvalue weighted by atomic mass is 9.85. The van der Waals surface area contributed by atoms with Gasteiger partial charge in [-0.3, -0.25) is 0 Å². The highest BCUT2D eigenvalue weighted by Gasteiger charge is 2.25. The summed E-state index contributed by atoms with van der Waals surface area (Å²) < 4.78 is 0. The van der Waals surface area contributed by atoms with E-state index in [1.54, 1.807) is 0 Å². The van der Waals surface area contributed by atoms with E-state index in [-0.39, 0.29) is 0 Å². The summed E-state index contributed by atoms with van der Waals surface area (Å²) in [6.07, 6.45) is 21.7. The van der Waals surface area contributed by atoms with Gasteiger partial charge >= 0.3 is 0 Å². The molecule has 0 heterocycles. The van der Waals surface area contributed by atoms with Gasteiger partial charge in [-0.25, -0.2) is 0 Å². The zero-order chi connectivity index (χ0) is 15.9. The van der Waals surface area contributed by atoms with Gasteiger partial charge in [0.1, 0.15) is 0 Å². The molecule has 0 unspecified atom stereocenters. The second-order valence-corrected chi connectivity index (χ2v) is 8.03. The summed E-state index contributed by atoms with van der Waals surface area (Å²) in [5.41, 5.74) is -0.483. The topological polar surface area (TPSA) is 20.2 Å². The quantitative estimate of drug-likeness (QED) is 0.373. The number of thioether (sulfide) groups is 1. The molecule has 1 aliphatic rings. The first-order valence-corrected chi connectivity index (χ1v) is 10.8. The normalized spacial score (nSPS) is 18.1. The molecular weight excluding hydrogens is 288 g/mol. The molecule has 0 aromatic rings. The van der Waals surface area contributed by atoms with Crippen molar-refractivity contribution in [1.82, 2.24) is 0 Å². The van der Waals surface area contributed by atoms with E-state index in [1.807, 2.05) is 11.8 Å². The second-order valence-electron chi connectivity index (χ2n) is 7.02. The van der Waals surface area contributed by atoms with Crippen LogP contribution in [0.4, 0.5) is 0 Å². The van der Waals surface area contributed by atoms with Crippen molar-refractivity contribution in [2.45, 2.75) is 109 Å². The van der Waals surface area contributed by atoms with Gasteiger partial charge < -0.3 is 5.11 Å². The van der Waals surface area contributed by atoms with Gasteiger partial charge in [0.15, 0.2) is 0 Å². The Morgan fingerprint density at radius 2 is 1.36 bits per heavy atom. The van der Waals surface area contributed by atoms with Crippen LogP contribution in [0.3, 0.4) is 0 Å². The fourth-order valence-electron chi connectivity index (χ4n) is 3.25. The molecule has 0 radical (unpaired) electrons. The average Bonchev–Trinajstić information content (AvgIpc) is 2.52. The fourth-order valence-corrected chi connectivity index (χ4v) is 4.10. The number of rotatable bonds is 13. The van der Waals surface area contributed by atoms with Crippen LogP contribution in [-0.2, 0) is 0 Å². The molecule has 22 heavy (non-hydrogen) atoms. The van der Waals surface area contributed by atoms with E-state index in [1.165, 1.54) is 89.2 Å². The standard InChI is InChI=1S/C20H38OS/c1-2-3-4-5-6-7-8-9-10-14-18-22-19-17-20(21)15-12-11-13-16-20/h17,19,21H,2-16,18H2,1H3/b19-17+. The minimum absolute atomic E-state index is 0.483. The van der Waals surface area contributed by atoms with Gasteiger partial charge in [0.25, 0.3) is 0 Å². The Hall–Kier alpha value is 0.0500. The van der Waals surface area contributed by atoms with Crippen LogP contribution in [-0.4, -0.2) is 16.5 Å². The van der Waals surface area contributed by atoms with Crippen LogP contribution in [0.25, 0.3) is 0 Å². The monoisotopic (exact) mass is 326 g/mol. The van der Waals surface area contributed by atoms with Crippen molar-refractivity contribution >= 4 is 11.8 Å². The van der Waals surface area contributed by atoms with Crippen LogP contribution in [0.1, 0.15) is 103 Å². The third-order valence-electron chi connectivity index (χ3n) is 4.81. The van der Waals surface area contributed by atoms with Crippen LogP contribution >= 0.6 is 11.8 Å². The van der Waals surface area contributed by atoms with Gasteiger partial charge in [0.2, 0.25) is 0 Å². The molecule has 1 aliphatic carbocycles. The lowest BCUT2D eigenvalue weighted by Crippen LogP contribution is -2.28. The van der Waals surface area contributed by atoms with Crippen molar-refractivity contribution in [2.24, 2.45) is 0 Å². The first kappa shape index (κ1) is 20.1. The molecule has 2 heteroatoms. The maximum atomic E-state index is 10.3. The zero-order valence-corrected chi connectivity index (χ0v) is 15.6. The third-order valence-corrected chi connectivity index (χ3v) is 5.66. The molecule has 1 nitrogen and oxygen atoms in total. The SMILES string of the molecule is CCCCCCCCCCCCS/C=C/C1(O)CCCCC1. The predicted octanol–water partition coefficient (Wildman–Crippen LogP) is 6.85. The van der Waals surface area contributed by atoms with E-state index in [9.17, 15) is 5.11 Å². The van der Waals surface area contributed by atoms with Crippen LogP contribution < -0.4 is 0 Å². The summed E-state index contributed by atoms with van der Waals surface area (Å²) in [5, 5.41) is 12.5.